The highest BCUT2D eigenvalue weighted by Gasteiger charge is 2.32. The number of nitrogens with zero attached hydrogens (tertiary/aromatic N) is 1. The minimum absolute atomic E-state index is 0.424. The highest BCUT2D eigenvalue weighted by Crippen LogP contribution is 2.20. The smallest absolute Gasteiger partial charge is 0.0702 e. The summed E-state index contributed by atoms with van der Waals surface area (Å²) in [5, 5.41) is 3.44. The third-order valence-electron chi connectivity index (χ3n) is 3.98. The molecule has 0 amide bonds. The molecule has 0 aromatic rings. The van der Waals surface area contributed by atoms with Gasteiger partial charge in [0.1, 0.15) is 0 Å². The van der Waals surface area contributed by atoms with Gasteiger partial charge in [-0.2, -0.15) is 0 Å². The van der Waals surface area contributed by atoms with Gasteiger partial charge in [0, 0.05) is 31.8 Å². The summed E-state index contributed by atoms with van der Waals surface area (Å²) in [4.78, 5) is 2.56. The molecule has 0 saturated carbocycles. The fourth-order valence-electron chi connectivity index (χ4n) is 3.06. The first-order chi connectivity index (χ1) is 8.35. The fourth-order valence-corrected chi connectivity index (χ4v) is 3.06. The molecule has 0 spiro atoms. The van der Waals surface area contributed by atoms with Crippen LogP contribution in [0.1, 0.15) is 26.2 Å². The zero-order valence-electron chi connectivity index (χ0n) is 11.2. The Hall–Kier alpha value is -0.160. The van der Waals surface area contributed by atoms with Gasteiger partial charge >= 0.3 is 0 Å². The van der Waals surface area contributed by atoms with Gasteiger partial charge in [-0.1, -0.05) is 0 Å². The second-order valence-corrected chi connectivity index (χ2v) is 5.04. The number of likely N-dealkylation sites (tertiary alicyclic amines) is 1. The molecule has 1 N–H and O–H groups in total. The van der Waals surface area contributed by atoms with E-state index < -0.39 is 0 Å². The van der Waals surface area contributed by atoms with Crippen molar-refractivity contribution in [3.8, 4) is 0 Å². The largest absolute Gasteiger partial charge is 0.380 e. The van der Waals surface area contributed by atoms with Crippen LogP contribution in [0.15, 0.2) is 0 Å². The summed E-state index contributed by atoms with van der Waals surface area (Å²) in [6.07, 6.45) is 4.00. The van der Waals surface area contributed by atoms with Crippen LogP contribution in [0.3, 0.4) is 0 Å². The summed E-state index contributed by atoms with van der Waals surface area (Å²) >= 11 is 0. The normalized spacial score (nSPS) is 36.0. The molecular weight excluding hydrogens is 216 g/mol. The summed E-state index contributed by atoms with van der Waals surface area (Å²) in [5.74, 6) is 0. The van der Waals surface area contributed by atoms with Gasteiger partial charge < -0.3 is 14.8 Å². The monoisotopic (exact) mass is 242 g/mol. The topological polar surface area (TPSA) is 33.7 Å². The van der Waals surface area contributed by atoms with Gasteiger partial charge in [-0.3, -0.25) is 4.90 Å². The first kappa shape index (κ1) is 13.3. The average Bonchev–Trinajstić information content (AvgIpc) is 2.39. The molecule has 0 aromatic heterocycles. The maximum atomic E-state index is 5.77. The molecule has 2 heterocycles. The molecular formula is C13H26N2O2. The number of nitrogens with one attached hydrogen (secondary N) is 1. The number of rotatable bonds is 4. The van der Waals surface area contributed by atoms with E-state index in [1.807, 2.05) is 0 Å². The number of piperidine rings is 1. The molecule has 4 heteroatoms. The minimum Gasteiger partial charge on any atom is -0.380 e. The zero-order chi connectivity index (χ0) is 12.1. The molecule has 100 valence electrons. The van der Waals surface area contributed by atoms with E-state index in [1.54, 1.807) is 0 Å². The van der Waals surface area contributed by atoms with E-state index in [1.165, 1.54) is 19.4 Å². The third-order valence-corrected chi connectivity index (χ3v) is 3.98. The zero-order valence-corrected chi connectivity index (χ0v) is 11.2. The van der Waals surface area contributed by atoms with Crippen LogP contribution in [0.5, 0.6) is 0 Å². The molecule has 2 saturated heterocycles. The predicted octanol–water partition coefficient (Wildman–Crippen LogP) is 0.864. The van der Waals surface area contributed by atoms with E-state index in [9.17, 15) is 0 Å². The number of ether oxygens (including phenoxy) is 2. The minimum atomic E-state index is 0.424. The van der Waals surface area contributed by atoms with Gasteiger partial charge in [0.2, 0.25) is 0 Å². The summed E-state index contributed by atoms with van der Waals surface area (Å²) in [6, 6.07) is 1.10. The fraction of sp³-hybridized carbons (Fsp3) is 1.00. The van der Waals surface area contributed by atoms with Crippen molar-refractivity contribution >= 4 is 0 Å². The van der Waals surface area contributed by atoms with E-state index in [0.29, 0.717) is 18.2 Å². The summed E-state index contributed by atoms with van der Waals surface area (Å²) in [6.45, 7) is 6.93. The molecule has 0 aromatic carbocycles. The average molecular weight is 242 g/mol. The Bertz CT molecular complexity index is 223. The predicted molar refractivity (Wildman–Crippen MR) is 68.3 cm³/mol. The Morgan fingerprint density at radius 3 is 3.06 bits per heavy atom. The molecule has 3 atom stereocenters. The first-order valence-electron chi connectivity index (χ1n) is 6.95. The van der Waals surface area contributed by atoms with Gasteiger partial charge in [-0.15, -0.1) is 0 Å². The van der Waals surface area contributed by atoms with Crippen molar-refractivity contribution in [3.63, 3.8) is 0 Å². The van der Waals surface area contributed by atoms with Crippen LogP contribution in [-0.4, -0.2) is 63.0 Å². The van der Waals surface area contributed by atoms with E-state index >= 15 is 0 Å². The molecule has 2 aliphatic heterocycles. The molecule has 0 bridgehead atoms. The maximum absolute atomic E-state index is 5.77. The second kappa shape index (κ2) is 6.69. The quantitative estimate of drug-likeness (QED) is 0.793. The van der Waals surface area contributed by atoms with Crippen LogP contribution in [0.4, 0.5) is 0 Å². The molecule has 17 heavy (non-hydrogen) atoms. The molecule has 4 nitrogen and oxygen atoms in total. The van der Waals surface area contributed by atoms with Crippen molar-refractivity contribution in [2.45, 2.75) is 44.4 Å². The third kappa shape index (κ3) is 3.41. The highest BCUT2D eigenvalue weighted by atomic mass is 16.5. The Kier molecular flexibility index (Phi) is 5.22. The summed E-state index contributed by atoms with van der Waals surface area (Å²) in [5.41, 5.74) is 0. The molecule has 3 unspecified atom stereocenters. The van der Waals surface area contributed by atoms with E-state index in [-0.39, 0.29) is 0 Å². The van der Waals surface area contributed by atoms with Crippen molar-refractivity contribution in [1.82, 2.24) is 10.2 Å². The number of hydrogen-bond donors (Lipinski definition) is 1. The molecule has 2 fully saturated rings. The molecule has 2 rings (SSSR count). The lowest BCUT2D eigenvalue weighted by Gasteiger charge is -2.43. The van der Waals surface area contributed by atoms with Crippen molar-refractivity contribution in [1.29, 1.82) is 0 Å². The van der Waals surface area contributed by atoms with E-state index in [0.717, 1.165) is 32.8 Å². The van der Waals surface area contributed by atoms with E-state index in [4.69, 9.17) is 9.47 Å². The number of hydrogen-bond acceptors (Lipinski definition) is 4. The van der Waals surface area contributed by atoms with Gasteiger partial charge in [0.15, 0.2) is 0 Å². The Balaban J connectivity index is 1.90. The SMILES string of the molecule is CCOC1CCCN(C2COCCC2NC)C1. The number of likely N-dealkylation sites (N-methyl/N-ethyl adjacent to an activating group) is 1. The Morgan fingerprint density at radius 2 is 2.29 bits per heavy atom. The summed E-state index contributed by atoms with van der Waals surface area (Å²) in [7, 11) is 2.06. The van der Waals surface area contributed by atoms with Gasteiger partial charge in [-0.05, 0) is 39.8 Å². The van der Waals surface area contributed by atoms with Gasteiger partial charge in [0.05, 0.1) is 12.7 Å². The van der Waals surface area contributed by atoms with Crippen molar-refractivity contribution in [2.75, 3.05) is 40.0 Å². The van der Waals surface area contributed by atoms with Crippen LogP contribution in [0.2, 0.25) is 0 Å². The lowest BCUT2D eigenvalue weighted by atomic mass is 9.98. The molecule has 0 radical (unpaired) electrons. The summed E-state index contributed by atoms with van der Waals surface area (Å²) < 4.78 is 11.4. The highest BCUT2D eigenvalue weighted by molar-refractivity contribution is 4.89. The van der Waals surface area contributed by atoms with E-state index in [2.05, 4.69) is 24.2 Å². The first-order valence-corrected chi connectivity index (χ1v) is 6.95. The maximum Gasteiger partial charge on any atom is 0.0702 e. The lowest BCUT2D eigenvalue weighted by molar-refractivity contribution is -0.0498. The lowest BCUT2D eigenvalue weighted by Crippen LogP contribution is -2.57. The second-order valence-electron chi connectivity index (χ2n) is 5.04. The van der Waals surface area contributed by atoms with Crippen molar-refractivity contribution in [3.05, 3.63) is 0 Å². The molecule has 2 aliphatic rings. The van der Waals surface area contributed by atoms with Crippen LogP contribution in [-0.2, 0) is 9.47 Å². The van der Waals surface area contributed by atoms with Gasteiger partial charge in [-0.25, -0.2) is 0 Å². The van der Waals surface area contributed by atoms with Crippen LogP contribution < -0.4 is 5.32 Å². The van der Waals surface area contributed by atoms with Crippen LogP contribution >= 0.6 is 0 Å². The van der Waals surface area contributed by atoms with Crippen molar-refractivity contribution in [2.24, 2.45) is 0 Å². The standard InChI is InChI=1S/C13H26N2O2/c1-3-17-11-5-4-7-15(9-11)13-10-16-8-6-12(13)14-2/h11-14H,3-10H2,1-2H3. The van der Waals surface area contributed by atoms with Crippen LogP contribution in [0.25, 0.3) is 0 Å². The molecule has 0 aliphatic carbocycles. The Labute approximate surface area is 105 Å². The van der Waals surface area contributed by atoms with Gasteiger partial charge in [0.25, 0.3) is 0 Å². The van der Waals surface area contributed by atoms with Crippen molar-refractivity contribution < 1.29 is 9.47 Å². The Morgan fingerprint density at radius 1 is 1.41 bits per heavy atom. The van der Waals surface area contributed by atoms with Crippen LogP contribution in [0, 0.1) is 0 Å².